The van der Waals surface area contributed by atoms with Crippen LogP contribution in [0.2, 0.25) is 10.0 Å². The molecule has 2 aromatic rings. The van der Waals surface area contributed by atoms with Crippen molar-refractivity contribution in [3.63, 3.8) is 0 Å². The molecule has 0 aliphatic carbocycles. The monoisotopic (exact) mass is 376 g/mol. The van der Waals surface area contributed by atoms with Crippen molar-refractivity contribution < 1.29 is 4.39 Å². The number of hydrogen-bond donors (Lipinski definition) is 2. The van der Waals surface area contributed by atoms with Crippen molar-refractivity contribution in [1.82, 2.24) is 5.43 Å². The second kappa shape index (κ2) is 6.87. The third kappa shape index (κ3) is 3.51. The fraction of sp³-hybridized carbons (Fsp3) is 0.143. The molecule has 2 aromatic carbocycles. The number of nitrogens with two attached hydrogens (primary N) is 1. The van der Waals surface area contributed by atoms with Gasteiger partial charge in [-0.05, 0) is 42.3 Å². The van der Waals surface area contributed by atoms with Gasteiger partial charge in [0, 0.05) is 20.1 Å². The van der Waals surface area contributed by atoms with Crippen molar-refractivity contribution in [3.8, 4) is 0 Å². The molecule has 0 aliphatic rings. The van der Waals surface area contributed by atoms with Crippen LogP contribution in [0, 0.1) is 5.82 Å². The molecule has 0 aromatic heterocycles. The molecule has 20 heavy (non-hydrogen) atoms. The summed E-state index contributed by atoms with van der Waals surface area (Å²) < 4.78 is 14.6. The van der Waals surface area contributed by atoms with Gasteiger partial charge in [0.15, 0.2) is 0 Å². The van der Waals surface area contributed by atoms with E-state index < -0.39 is 6.04 Å². The molecule has 0 heterocycles. The number of hydrogen-bond acceptors (Lipinski definition) is 2. The van der Waals surface area contributed by atoms with Crippen molar-refractivity contribution in [2.75, 3.05) is 0 Å². The number of nitrogens with one attached hydrogen (secondary N) is 1. The maximum atomic E-state index is 14.0. The van der Waals surface area contributed by atoms with Crippen LogP contribution in [0.4, 0.5) is 4.39 Å². The first-order chi connectivity index (χ1) is 9.52. The quantitative estimate of drug-likeness (QED) is 0.601. The van der Waals surface area contributed by atoms with Crippen LogP contribution >= 0.6 is 39.1 Å². The highest BCUT2D eigenvalue weighted by atomic mass is 79.9. The van der Waals surface area contributed by atoms with E-state index in [9.17, 15) is 4.39 Å². The van der Waals surface area contributed by atoms with E-state index >= 15 is 0 Å². The topological polar surface area (TPSA) is 38.0 Å². The number of hydrazine groups is 1. The normalized spacial score (nSPS) is 12.4. The van der Waals surface area contributed by atoms with Crippen LogP contribution in [-0.4, -0.2) is 0 Å². The Labute approximate surface area is 135 Å². The van der Waals surface area contributed by atoms with Gasteiger partial charge in [-0.3, -0.25) is 11.3 Å². The first-order valence-corrected chi connectivity index (χ1v) is 7.41. The van der Waals surface area contributed by atoms with E-state index in [4.69, 9.17) is 29.0 Å². The maximum absolute atomic E-state index is 14.0. The van der Waals surface area contributed by atoms with Crippen molar-refractivity contribution in [2.45, 2.75) is 12.5 Å². The van der Waals surface area contributed by atoms with Gasteiger partial charge in [-0.25, -0.2) is 4.39 Å². The summed E-state index contributed by atoms with van der Waals surface area (Å²) in [5.41, 5.74) is 3.89. The molecule has 0 radical (unpaired) electrons. The lowest BCUT2D eigenvalue weighted by Crippen LogP contribution is -2.30. The number of rotatable bonds is 4. The van der Waals surface area contributed by atoms with Crippen LogP contribution in [-0.2, 0) is 6.42 Å². The van der Waals surface area contributed by atoms with Crippen LogP contribution in [0.25, 0.3) is 0 Å². The van der Waals surface area contributed by atoms with Gasteiger partial charge in [0.05, 0.1) is 6.04 Å². The summed E-state index contributed by atoms with van der Waals surface area (Å²) in [5.74, 6) is 5.23. The molecule has 0 saturated heterocycles. The standard InChI is InChI=1S/C14H12BrCl2FN2/c15-10-2-1-3-12(18)14(10)13(20-19)7-8-6-9(16)4-5-11(8)17/h1-6,13,20H,7,19H2. The van der Waals surface area contributed by atoms with Crippen molar-refractivity contribution >= 4 is 39.1 Å². The van der Waals surface area contributed by atoms with Gasteiger partial charge >= 0.3 is 0 Å². The highest BCUT2D eigenvalue weighted by molar-refractivity contribution is 9.10. The van der Waals surface area contributed by atoms with Crippen molar-refractivity contribution in [3.05, 3.63) is 67.9 Å². The largest absolute Gasteiger partial charge is 0.271 e. The highest BCUT2D eigenvalue weighted by Crippen LogP contribution is 2.31. The maximum Gasteiger partial charge on any atom is 0.129 e. The lowest BCUT2D eigenvalue weighted by Gasteiger charge is -2.19. The van der Waals surface area contributed by atoms with Crippen LogP contribution in [0.15, 0.2) is 40.9 Å². The predicted molar refractivity (Wildman–Crippen MR) is 84.3 cm³/mol. The average Bonchev–Trinajstić information content (AvgIpc) is 2.41. The summed E-state index contributed by atoms with van der Waals surface area (Å²) in [7, 11) is 0. The molecule has 0 amide bonds. The Hall–Kier alpha value is -0.650. The summed E-state index contributed by atoms with van der Waals surface area (Å²) in [6.07, 6.45) is 0.426. The Balaban J connectivity index is 2.36. The fourth-order valence-electron chi connectivity index (χ4n) is 2.01. The Morgan fingerprint density at radius 2 is 2.00 bits per heavy atom. The molecule has 0 fully saturated rings. The number of benzene rings is 2. The SMILES string of the molecule is NNC(Cc1cc(Cl)ccc1Cl)c1c(F)cccc1Br. The van der Waals surface area contributed by atoms with E-state index in [0.717, 1.165) is 5.56 Å². The minimum absolute atomic E-state index is 0.333. The molecule has 0 aliphatic heterocycles. The van der Waals surface area contributed by atoms with Gasteiger partial charge in [0.25, 0.3) is 0 Å². The molecule has 106 valence electrons. The molecule has 3 N–H and O–H groups in total. The Kier molecular flexibility index (Phi) is 5.41. The summed E-state index contributed by atoms with van der Waals surface area (Å²) in [6, 6.07) is 9.54. The van der Waals surface area contributed by atoms with Gasteiger partial charge < -0.3 is 0 Å². The molecule has 1 unspecified atom stereocenters. The Morgan fingerprint density at radius 1 is 1.25 bits per heavy atom. The van der Waals surface area contributed by atoms with Gasteiger partial charge in [-0.2, -0.15) is 0 Å². The minimum atomic E-state index is -0.415. The molecule has 0 bridgehead atoms. The molecular weight excluding hydrogens is 366 g/mol. The summed E-state index contributed by atoms with van der Waals surface area (Å²) >= 11 is 15.4. The molecule has 2 nitrogen and oxygen atoms in total. The van der Waals surface area contributed by atoms with E-state index in [-0.39, 0.29) is 5.82 Å². The van der Waals surface area contributed by atoms with Crippen LogP contribution < -0.4 is 11.3 Å². The number of halogens is 4. The lowest BCUT2D eigenvalue weighted by atomic mass is 9.99. The smallest absolute Gasteiger partial charge is 0.129 e. The second-order valence-corrected chi connectivity index (χ2v) is 5.99. The van der Waals surface area contributed by atoms with Crippen LogP contribution in [0.3, 0.4) is 0 Å². The predicted octanol–water partition coefficient (Wildman–Crippen LogP) is 4.64. The summed E-state index contributed by atoms with van der Waals surface area (Å²) in [5, 5.41) is 1.15. The van der Waals surface area contributed by atoms with E-state index in [1.807, 2.05) is 0 Å². The zero-order chi connectivity index (χ0) is 14.7. The third-order valence-corrected chi connectivity index (χ3v) is 4.28. The Morgan fingerprint density at radius 3 is 2.65 bits per heavy atom. The molecule has 2 rings (SSSR count). The van der Waals surface area contributed by atoms with Gasteiger partial charge in [0.1, 0.15) is 5.82 Å². The van der Waals surface area contributed by atoms with Crippen molar-refractivity contribution in [2.24, 2.45) is 5.84 Å². The van der Waals surface area contributed by atoms with Gasteiger partial charge in [0.2, 0.25) is 0 Å². The summed E-state index contributed by atoms with van der Waals surface area (Å²) in [4.78, 5) is 0. The first kappa shape index (κ1) is 15.7. The molecular formula is C14H12BrCl2FN2. The molecule has 0 spiro atoms. The molecule has 1 atom stereocenters. The zero-order valence-electron chi connectivity index (χ0n) is 10.3. The van der Waals surface area contributed by atoms with Crippen LogP contribution in [0.5, 0.6) is 0 Å². The van der Waals surface area contributed by atoms with Crippen molar-refractivity contribution in [1.29, 1.82) is 0 Å². The van der Waals surface area contributed by atoms with E-state index in [1.165, 1.54) is 6.07 Å². The fourth-order valence-corrected chi connectivity index (χ4v) is 3.02. The second-order valence-electron chi connectivity index (χ2n) is 4.29. The van der Waals surface area contributed by atoms with E-state index in [0.29, 0.717) is 26.5 Å². The third-order valence-electron chi connectivity index (χ3n) is 2.98. The lowest BCUT2D eigenvalue weighted by molar-refractivity contribution is 0.508. The molecule has 0 saturated carbocycles. The highest BCUT2D eigenvalue weighted by Gasteiger charge is 2.19. The minimum Gasteiger partial charge on any atom is -0.271 e. The zero-order valence-corrected chi connectivity index (χ0v) is 13.4. The van der Waals surface area contributed by atoms with E-state index in [2.05, 4.69) is 21.4 Å². The Bertz CT molecular complexity index is 602. The van der Waals surface area contributed by atoms with Gasteiger partial charge in [-0.15, -0.1) is 0 Å². The average molecular weight is 378 g/mol. The summed E-state index contributed by atoms with van der Waals surface area (Å²) in [6.45, 7) is 0. The van der Waals surface area contributed by atoms with E-state index in [1.54, 1.807) is 30.3 Å². The van der Waals surface area contributed by atoms with Gasteiger partial charge in [-0.1, -0.05) is 45.2 Å². The molecule has 6 heteroatoms. The first-order valence-electron chi connectivity index (χ1n) is 5.87. The van der Waals surface area contributed by atoms with Crippen LogP contribution in [0.1, 0.15) is 17.2 Å².